The van der Waals surface area contributed by atoms with Crippen molar-refractivity contribution in [2.75, 3.05) is 0 Å². The van der Waals surface area contributed by atoms with Crippen molar-refractivity contribution in [3.8, 4) is 0 Å². The van der Waals surface area contributed by atoms with E-state index < -0.39 is 0 Å². The third-order valence-corrected chi connectivity index (χ3v) is 4.68. The molecular weight excluding hydrogens is 224 g/mol. The van der Waals surface area contributed by atoms with Crippen LogP contribution in [0, 0.1) is 17.8 Å². The predicted molar refractivity (Wildman–Crippen MR) is 69.4 cm³/mol. The quantitative estimate of drug-likeness (QED) is 0.819. The first-order valence-electron chi connectivity index (χ1n) is 6.82. The maximum Gasteiger partial charge on any atom is 0.168 e. The zero-order chi connectivity index (χ0) is 12.1. The Hall–Kier alpha value is -1.64. The van der Waals surface area contributed by atoms with Crippen LogP contribution in [0.1, 0.15) is 36.0 Å². The van der Waals surface area contributed by atoms with Gasteiger partial charge < -0.3 is 4.98 Å². The van der Waals surface area contributed by atoms with Crippen LogP contribution in [0.15, 0.2) is 24.5 Å². The Kier molecular flexibility index (Phi) is 2.10. The lowest BCUT2D eigenvalue weighted by atomic mass is 10.0. The normalized spacial score (nSPS) is 30.1. The average Bonchev–Trinajstić information content (AvgIpc) is 2.99. The van der Waals surface area contributed by atoms with Crippen molar-refractivity contribution in [3.63, 3.8) is 0 Å². The highest BCUT2D eigenvalue weighted by Gasteiger charge is 2.54. The summed E-state index contributed by atoms with van der Waals surface area (Å²) < 4.78 is 0. The minimum absolute atomic E-state index is 0.298. The van der Waals surface area contributed by atoms with Gasteiger partial charge in [-0.15, -0.1) is 0 Å². The van der Waals surface area contributed by atoms with Gasteiger partial charge in [0.1, 0.15) is 5.65 Å². The smallest absolute Gasteiger partial charge is 0.168 e. The van der Waals surface area contributed by atoms with Crippen LogP contribution in [-0.4, -0.2) is 15.8 Å². The van der Waals surface area contributed by atoms with Crippen molar-refractivity contribution in [1.29, 1.82) is 0 Å². The molecule has 2 heterocycles. The van der Waals surface area contributed by atoms with Gasteiger partial charge in [-0.05, 0) is 36.8 Å². The second kappa shape index (κ2) is 3.67. The number of Topliss-reactive ketones (excluding diaryl/α,β-unsaturated/α-hetero) is 1. The van der Waals surface area contributed by atoms with Crippen molar-refractivity contribution >= 4 is 16.8 Å². The molecule has 4 rings (SSSR count). The number of hydrogen-bond acceptors (Lipinski definition) is 2. The molecule has 2 atom stereocenters. The van der Waals surface area contributed by atoms with E-state index in [-0.39, 0.29) is 0 Å². The van der Waals surface area contributed by atoms with Crippen molar-refractivity contribution in [1.82, 2.24) is 9.97 Å². The Morgan fingerprint density at radius 2 is 2.06 bits per heavy atom. The standard InChI is InChI=1S/C15H16N2O/c18-14(13-9-4-1-2-5-10(9)13)12-8-17-15-11(12)6-3-7-16-15/h3,6-10,13H,1-2,4-5H2,(H,16,17). The van der Waals surface area contributed by atoms with Gasteiger partial charge in [-0.2, -0.15) is 0 Å². The Balaban J connectivity index is 1.69. The van der Waals surface area contributed by atoms with Crippen LogP contribution in [0.2, 0.25) is 0 Å². The van der Waals surface area contributed by atoms with E-state index in [0.717, 1.165) is 16.6 Å². The first-order valence-corrected chi connectivity index (χ1v) is 6.82. The number of aromatic amines is 1. The van der Waals surface area contributed by atoms with E-state index >= 15 is 0 Å². The number of fused-ring (bicyclic) bond motifs is 2. The fraction of sp³-hybridized carbons (Fsp3) is 0.467. The molecule has 0 amide bonds. The zero-order valence-corrected chi connectivity index (χ0v) is 10.2. The third kappa shape index (κ3) is 1.36. The van der Waals surface area contributed by atoms with Crippen LogP contribution in [-0.2, 0) is 0 Å². The Morgan fingerprint density at radius 3 is 2.83 bits per heavy atom. The number of rotatable bonds is 2. The number of aromatic nitrogens is 2. The molecule has 0 aromatic carbocycles. The van der Waals surface area contributed by atoms with Crippen molar-refractivity contribution in [2.24, 2.45) is 17.8 Å². The van der Waals surface area contributed by atoms with Gasteiger partial charge in [0.05, 0.1) is 0 Å². The molecule has 0 aliphatic heterocycles. The summed E-state index contributed by atoms with van der Waals surface area (Å²) in [4.78, 5) is 19.9. The van der Waals surface area contributed by atoms with E-state index in [9.17, 15) is 4.79 Å². The molecule has 3 nitrogen and oxygen atoms in total. The molecule has 92 valence electrons. The lowest BCUT2D eigenvalue weighted by Crippen LogP contribution is -2.03. The van der Waals surface area contributed by atoms with E-state index in [0.29, 0.717) is 23.5 Å². The van der Waals surface area contributed by atoms with Crippen LogP contribution in [0.4, 0.5) is 0 Å². The minimum atomic E-state index is 0.298. The van der Waals surface area contributed by atoms with Crippen molar-refractivity contribution in [3.05, 3.63) is 30.1 Å². The Morgan fingerprint density at radius 1 is 1.28 bits per heavy atom. The summed E-state index contributed by atoms with van der Waals surface area (Å²) in [6.45, 7) is 0. The number of nitrogens with zero attached hydrogens (tertiary/aromatic N) is 1. The molecule has 0 radical (unpaired) electrons. The molecule has 2 aromatic rings. The van der Waals surface area contributed by atoms with Crippen LogP contribution in [0.3, 0.4) is 0 Å². The highest BCUT2D eigenvalue weighted by Crippen LogP contribution is 2.56. The van der Waals surface area contributed by atoms with Gasteiger partial charge in [-0.25, -0.2) is 4.98 Å². The first kappa shape index (κ1) is 10.3. The molecule has 0 saturated heterocycles. The molecule has 0 bridgehead atoms. The summed E-state index contributed by atoms with van der Waals surface area (Å²) in [5, 5.41) is 0.978. The fourth-order valence-electron chi connectivity index (χ4n) is 3.72. The largest absolute Gasteiger partial charge is 0.345 e. The number of nitrogens with one attached hydrogen (secondary N) is 1. The van der Waals surface area contributed by atoms with Gasteiger partial charge in [0.25, 0.3) is 0 Å². The van der Waals surface area contributed by atoms with E-state index in [4.69, 9.17) is 0 Å². The van der Waals surface area contributed by atoms with Crippen LogP contribution < -0.4 is 0 Å². The molecule has 3 heteroatoms. The number of ketones is 1. The van der Waals surface area contributed by atoms with Crippen molar-refractivity contribution < 1.29 is 4.79 Å². The number of carbonyl (C=O) groups excluding carboxylic acids is 1. The molecule has 2 aliphatic carbocycles. The summed E-state index contributed by atoms with van der Waals surface area (Å²) in [7, 11) is 0. The van der Waals surface area contributed by atoms with E-state index in [1.165, 1.54) is 25.7 Å². The van der Waals surface area contributed by atoms with Crippen LogP contribution >= 0.6 is 0 Å². The number of carbonyl (C=O) groups is 1. The number of pyridine rings is 1. The third-order valence-electron chi connectivity index (χ3n) is 4.68. The second-order valence-corrected chi connectivity index (χ2v) is 5.60. The summed E-state index contributed by atoms with van der Waals surface area (Å²) in [5.41, 5.74) is 1.67. The summed E-state index contributed by atoms with van der Waals surface area (Å²) in [5.74, 6) is 1.98. The monoisotopic (exact) mass is 240 g/mol. The lowest BCUT2D eigenvalue weighted by molar-refractivity contribution is 0.0958. The Bertz CT molecular complexity index is 604. The predicted octanol–water partition coefficient (Wildman–Crippen LogP) is 3.18. The molecule has 2 unspecified atom stereocenters. The molecular formula is C15H16N2O. The summed E-state index contributed by atoms with van der Waals surface area (Å²) in [6, 6.07) is 3.88. The summed E-state index contributed by atoms with van der Waals surface area (Å²) >= 11 is 0. The maximum absolute atomic E-state index is 12.6. The molecule has 0 spiro atoms. The summed E-state index contributed by atoms with van der Waals surface area (Å²) in [6.07, 6.45) is 8.71. The van der Waals surface area contributed by atoms with E-state index in [1.54, 1.807) is 6.20 Å². The fourth-order valence-corrected chi connectivity index (χ4v) is 3.72. The number of hydrogen-bond donors (Lipinski definition) is 1. The molecule has 2 saturated carbocycles. The van der Waals surface area contributed by atoms with Gasteiger partial charge in [0, 0.05) is 29.3 Å². The molecule has 2 aliphatic rings. The topological polar surface area (TPSA) is 45.8 Å². The van der Waals surface area contributed by atoms with Gasteiger partial charge in [-0.3, -0.25) is 4.79 Å². The lowest BCUT2D eigenvalue weighted by Gasteiger charge is -2.04. The van der Waals surface area contributed by atoms with Gasteiger partial charge in [-0.1, -0.05) is 12.8 Å². The minimum Gasteiger partial charge on any atom is -0.345 e. The second-order valence-electron chi connectivity index (χ2n) is 5.60. The molecule has 2 fully saturated rings. The molecule has 18 heavy (non-hydrogen) atoms. The first-order chi connectivity index (χ1) is 8.86. The highest BCUT2D eigenvalue weighted by molar-refractivity contribution is 6.09. The van der Waals surface area contributed by atoms with Crippen LogP contribution in [0.5, 0.6) is 0 Å². The van der Waals surface area contributed by atoms with Gasteiger partial charge in [0.2, 0.25) is 0 Å². The molecule has 2 aromatic heterocycles. The van der Waals surface area contributed by atoms with Gasteiger partial charge in [0.15, 0.2) is 5.78 Å². The van der Waals surface area contributed by atoms with Crippen molar-refractivity contribution in [2.45, 2.75) is 25.7 Å². The number of H-pyrrole nitrogens is 1. The Labute approximate surface area is 106 Å². The van der Waals surface area contributed by atoms with Gasteiger partial charge >= 0.3 is 0 Å². The molecule has 1 N–H and O–H groups in total. The SMILES string of the molecule is O=C(c1c[nH]c2ncccc12)C1C2CCCCC21. The van der Waals surface area contributed by atoms with E-state index in [1.807, 2.05) is 18.3 Å². The zero-order valence-electron chi connectivity index (χ0n) is 10.2. The highest BCUT2D eigenvalue weighted by atomic mass is 16.1. The van der Waals surface area contributed by atoms with Crippen LogP contribution in [0.25, 0.3) is 11.0 Å². The van der Waals surface area contributed by atoms with E-state index in [2.05, 4.69) is 9.97 Å². The maximum atomic E-state index is 12.6. The average molecular weight is 240 g/mol.